The van der Waals surface area contributed by atoms with Gasteiger partial charge in [0.1, 0.15) is 23.5 Å². The van der Waals surface area contributed by atoms with Gasteiger partial charge in [-0.3, -0.25) is 4.79 Å². The standard InChI is InChI=1S/C17H15ClN6O/c18-11-6-9(22-15-10-2-5-19-14(10)20-8-21-15)7-12-13(11)16(25)24-17(23-12)3-1-4-17/h2,5-8,23H,1,3-4H2,(H,24,25)(H2,19,20,21,22). The number of hydrogen-bond acceptors (Lipinski definition) is 5. The largest absolute Gasteiger partial charge is 0.362 e. The van der Waals surface area contributed by atoms with E-state index in [0.29, 0.717) is 16.4 Å². The van der Waals surface area contributed by atoms with E-state index >= 15 is 0 Å². The van der Waals surface area contributed by atoms with Crippen LogP contribution in [0, 0.1) is 0 Å². The number of nitrogens with one attached hydrogen (secondary N) is 4. The Morgan fingerprint density at radius 2 is 2.08 bits per heavy atom. The third-order valence-corrected chi connectivity index (χ3v) is 5.17. The normalized spacial score (nSPS) is 17.6. The summed E-state index contributed by atoms with van der Waals surface area (Å²) in [7, 11) is 0. The summed E-state index contributed by atoms with van der Waals surface area (Å²) in [5, 5.41) is 11.0. The van der Waals surface area contributed by atoms with Crippen molar-refractivity contribution in [2.45, 2.75) is 24.9 Å². The molecule has 1 fully saturated rings. The van der Waals surface area contributed by atoms with Gasteiger partial charge < -0.3 is 20.9 Å². The van der Waals surface area contributed by atoms with Gasteiger partial charge in [0.15, 0.2) is 0 Å². The molecule has 0 saturated heterocycles. The molecule has 3 heterocycles. The number of aromatic amines is 1. The predicted octanol–water partition coefficient (Wildman–Crippen LogP) is 3.39. The Hall–Kier alpha value is -2.80. The molecule has 1 amide bonds. The molecule has 2 aromatic heterocycles. The van der Waals surface area contributed by atoms with Gasteiger partial charge in [-0.1, -0.05) is 11.6 Å². The number of carbonyl (C=O) groups is 1. The van der Waals surface area contributed by atoms with E-state index in [2.05, 4.69) is 30.9 Å². The Kier molecular flexibility index (Phi) is 2.96. The molecule has 1 aliphatic carbocycles. The van der Waals surface area contributed by atoms with E-state index in [1.807, 2.05) is 18.3 Å². The SMILES string of the molecule is O=C1NC2(CCC2)Nc2cc(Nc3ncnc4[nH]ccc34)cc(Cl)c21. The molecule has 25 heavy (non-hydrogen) atoms. The average molecular weight is 355 g/mol. The van der Waals surface area contributed by atoms with Crippen LogP contribution >= 0.6 is 11.6 Å². The second kappa shape index (κ2) is 5.10. The summed E-state index contributed by atoms with van der Waals surface area (Å²) in [5.74, 6) is 0.556. The van der Waals surface area contributed by atoms with Crippen LogP contribution in [0.5, 0.6) is 0 Å². The Morgan fingerprint density at radius 3 is 2.88 bits per heavy atom. The van der Waals surface area contributed by atoms with E-state index in [1.165, 1.54) is 6.33 Å². The smallest absolute Gasteiger partial charge is 0.256 e. The predicted molar refractivity (Wildman–Crippen MR) is 96.3 cm³/mol. The van der Waals surface area contributed by atoms with Gasteiger partial charge in [-0.15, -0.1) is 0 Å². The molecule has 8 heteroatoms. The van der Waals surface area contributed by atoms with E-state index in [1.54, 1.807) is 6.07 Å². The Balaban J connectivity index is 1.55. The zero-order chi connectivity index (χ0) is 17.0. The van der Waals surface area contributed by atoms with Crippen LogP contribution < -0.4 is 16.0 Å². The summed E-state index contributed by atoms with van der Waals surface area (Å²) in [6, 6.07) is 5.55. The van der Waals surface area contributed by atoms with Crippen LogP contribution in [-0.4, -0.2) is 26.5 Å². The molecule has 1 spiro atoms. The van der Waals surface area contributed by atoms with Crippen molar-refractivity contribution in [2.24, 2.45) is 0 Å². The first-order valence-electron chi connectivity index (χ1n) is 8.13. The van der Waals surface area contributed by atoms with Crippen molar-refractivity contribution < 1.29 is 4.79 Å². The minimum atomic E-state index is -0.325. The summed E-state index contributed by atoms with van der Waals surface area (Å²) >= 11 is 6.38. The summed E-state index contributed by atoms with van der Waals surface area (Å²) in [6.07, 6.45) is 6.25. The summed E-state index contributed by atoms with van der Waals surface area (Å²) in [6.45, 7) is 0. The molecule has 0 radical (unpaired) electrons. The zero-order valence-electron chi connectivity index (χ0n) is 13.2. The highest BCUT2D eigenvalue weighted by Gasteiger charge is 2.43. The average Bonchev–Trinajstić information content (AvgIpc) is 3.02. The fourth-order valence-electron chi connectivity index (χ4n) is 3.47. The topological polar surface area (TPSA) is 94.7 Å². The fourth-order valence-corrected chi connectivity index (χ4v) is 3.77. The fraction of sp³-hybridized carbons (Fsp3) is 0.235. The molecule has 126 valence electrons. The lowest BCUT2D eigenvalue weighted by Gasteiger charge is -2.47. The van der Waals surface area contributed by atoms with Gasteiger partial charge >= 0.3 is 0 Å². The molecule has 2 aliphatic rings. The number of H-pyrrole nitrogens is 1. The maximum absolute atomic E-state index is 12.4. The van der Waals surface area contributed by atoms with E-state index in [9.17, 15) is 4.79 Å². The molecule has 0 bridgehead atoms. The third kappa shape index (κ3) is 2.23. The molecule has 1 aliphatic heterocycles. The summed E-state index contributed by atoms with van der Waals surface area (Å²) < 4.78 is 0. The molecule has 5 rings (SSSR count). The van der Waals surface area contributed by atoms with Crippen LogP contribution in [0.2, 0.25) is 5.02 Å². The maximum atomic E-state index is 12.4. The molecular weight excluding hydrogens is 340 g/mol. The van der Waals surface area contributed by atoms with Gasteiger partial charge in [-0.05, 0) is 37.5 Å². The van der Waals surface area contributed by atoms with Gasteiger partial charge in [-0.2, -0.15) is 0 Å². The monoisotopic (exact) mass is 354 g/mol. The van der Waals surface area contributed by atoms with E-state index in [-0.39, 0.29) is 11.6 Å². The lowest BCUT2D eigenvalue weighted by Crippen LogP contribution is -2.61. The second-order valence-corrected chi connectivity index (χ2v) is 6.89. The van der Waals surface area contributed by atoms with Crippen molar-refractivity contribution in [1.82, 2.24) is 20.3 Å². The van der Waals surface area contributed by atoms with Crippen molar-refractivity contribution in [3.05, 3.63) is 41.3 Å². The van der Waals surface area contributed by atoms with Crippen molar-refractivity contribution in [3.63, 3.8) is 0 Å². The second-order valence-electron chi connectivity index (χ2n) is 6.48. The Morgan fingerprint density at radius 1 is 1.20 bits per heavy atom. The van der Waals surface area contributed by atoms with Gasteiger partial charge in [0.25, 0.3) is 5.91 Å². The van der Waals surface area contributed by atoms with Gasteiger partial charge in [0.2, 0.25) is 0 Å². The van der Waals surface area contributed by atoms with E-state index < -0.39 is 0 Å². The van der Waals surface area contributed by atoms with Crippen molar-refractivity contribution in [3.8, 4) is 0 Å². The summed E-state index contributed by atoms with van der Waals surface area (Å²) in [4.78, 5) is 24.0. The van der Waals surface area contributed by atoms with Crippen LogP contribution in [0.1, 0.15) is 29.6 Å². The van der Waals surface area contributed by atoms with E-state index in [4.69, 9.17) is 11.6 Å². The minimum Gasteiger partial charge on any atom is -0.362 e. The number of nitrogens with zero attached hydrogens (tertiary/aromatic N) is 2. The lowest BCUT2D eigenvalue weighted by molar-refractivity contribution is 0.0844. The van der Waals surface area contributed by atoms with Crippen molar-refractivity contribution >= 4 is 45.7 Å². The van der Waals surface area contributed by atoms with Crippen LogP contribution in [0.4, 0.5) is 17.2 Å². The number of carbonyl (C=O) groups excluding carboxylic acids is 1. The van der Waals surface area contributed by atoms with Gasteiger partial charge in [0, 0.05) is 11.9 Å². The molecule has 0 atom stereocenters. The number of rotatable bonds is 2. The number of hydrogen-bond donors (Lipinski definition) is 4. The van der Waals surface area contributed by atoms with Crippen LogP contribution in [0.25, 0.3) is 11.0 Å². The minimum absolute atomic E-state index is 0.125. The highest BCUT2D eigenvalue weighted by Crippen LogP contribution is 2.41. The third-order valence-electron chi connectivity index (χ3n) is 4.87. The number of aromatic nitrogens is 3. The molecule has 3 aromatic rings. The number of anilines is 3. The van der Waals surface area contributed by atoms with Crippen LogP contribution in [0.3, 0.4) is 0 Å². The number of halogens is 1. The highest BCUT2D eigenvalue weighted by atomic mass is 35.5. The molecule has 7 nitrogen and oxygen atoms in total. The first-order valence-corrected chi connectivity index (χ1v) is 8.51. The number of benzene rings is 1. The van der Waals surface area contributed by atoms with Crippen molar-refractivity contribution in [2.75, 3.05) is 10.6 Å². The van der Waals surface area contributed by atoms with Gasteiger partial charge in [-0.25, -0.2) is 9.97 Å². The Labute approximate surface area is 148 Å². The lowest BCUT2D eigenvalue weighted by atomic mass is 9.82. The first-order chi connectivity index (χ1) is 12.1. The summed E-state index contributed by atoms with van der Waals surface area (Å²) in [5.41, 5.74) is 2.43. The molecule has 1 saturated carbocycles. The molecular formula is C17H15ClN6O. The van der Waals surface area contributed by atoms with Crippen molar-refractivity contribution in [1.29, 1.82) is 0 Å². The molecule has 0 unspecified atom stereocenters. The number of fused-ring (bicyclic) bond motifs is 2. The quantitative estimate of drug-likeness (QED) is 0.566. The zero-order valence-corrected chi connectivity index (χ0v) is 13.9. The van der Waals surface area contributed by atoms with Crippen LogP contribution in [0.15, 0.2) is 30.7 Å². The molecule has 4 N–H and O–H groups in total. The number of amides is 1. The maximum Gasteiger partial charge on any atom is 0.256 e. The Bertz CT molecular complexity index is 1010. The first kappa shape index (κ1) is 14.5. The van der Waals surface area contributed by atoms with Gasteiger partial charge in [0.05, 0.1) is 21.7 Å². The highest BCUT2D eigenvalue weighted by molar-refractivity contribution is 6.35. The molecule has 1 aromatic carbocycles. The van der Waals surface area contributed by atoms with Crippen LogP contribution in [-0.2, 0) is 0 Å². The van der Waals surface area contributed by atoms with E-state index in [0.717, 1.165) is 41.7 Å².